The Labute approximate surface area is 176 Å². The molecule has 156 valence electrons. The van der Waals surface area contributed by atoms with E-state index in [2.05, 4.69) is 15.5 Å². The van der Waals surface area contributed by atoms with E-state index in [9.17, 15) is 14.4 Å². The molecular weight excluding hydrogens is 380 g/mol. The number of benzene rings is 2. The van der Waals surface area contributed by atoms with E-state index in [0.717, 1.165) is 19.6 Å². The van der Waals surface area contributed by atoms with Gasteiger partial charge in [-0.3, -0.25) is 24.7 Å². The molecule has 0 unspecified atom stereocenters. The Balaban J connectivity index is 1.34. The molecule has 0 aromatic heterocycles. The molecule has 2 saturated heterocycles. The van der Waals surface area contributed by atoms with E-state index in [1.807, 2.05) is 24.3 Å². The smallest absolute Gasteiger partial charge is 0.322 e. The molecule has 0 aliphatic carbocycles. The summed E-state index contributed by atoms with van der Waals surface area (Å²) in [7, 11) is 0. The Hall–Kier alpha value is -3.19. The normalized spacial score (nSPS) is 17.5. The molecule has 7 nitrogen and oxygen atoms in total. The standard InChI is InChI=1S/C23H26N4O3/c28-21-12-15-27(23(30)25-21)20-10-8-19(9-11-20)24-22(29)18-6-4-17(5-7-18)16-26-13-2-1-3-14-26/h4-11H,1-3,12-16H2,(H,24,29)(H,25,28,30). The highest BCUT2D eigenvalue weighted by Crippen LogP contribution is 2.21. The number of carbonyl (C=O) groups is 3. The van der Waals surface area contributed by atoms with E-state index < -0.39 is 6.03 Å². The van der Waals surface area contributed by atoms with Crippen LogP contribution in [0.1, 0.15) is 41.6 Å². The second kappa shape index (κ2) is 9.09. The van der Waals surface area contributed by atoms with Crippen LogP contribution in [0.2, 0.25) is 0 Å². The van der Waals surface area contributed by atoms with Crippen LogP contribution >= 0.6 is 0 Å². The topological polar surface area (TPSA) is 81.8 Å². The zero-order chi connectivity index (χ0) is 20.9. The minimum atomic E-state index is -0.423. The van der Waals surface area contributed by atoms with Crippen molar-refractivity contribution in [2.45, 2.75) is 32.2 Å². The lowest BCUT2D eigenvalue weighted by atomic mass is 10.1. The minimum Gasteiger partial charge on any atom is -0.322 e. The van der Waals surface area contributed by atoms with Gasteiger partial charge in [-0.25, -0.2) is 4.79 Å². The summed E-state index contributed by atoms with van der Waals surface area (Å²) in [6, 6.07) is 14.3. The second-order valence-electron chi connectivity index (χ2n) is 7.79. The first-order chi connectivity index (χ1) is 14.6. The van der Waals surface area contributed by atoms with Crippen LogP contribution in [0.25, 0.3) is 0 Å². The van der Waals surface area contributed by atoms with Gasteiger partial charge >= 0.3 is 6.03 Å². The van der Waals surface area contributed by atoms with Crippen LogP contribution in [-0.2, 0) is 11.3 Å². The molecule has 0 spiro atoms. The van der Waals surface area contributed by atoms with Gasteiger partial charge < -0.3 is 5.32 Å². The van der Waals surface area contributed by atoms with Crippen LogP contribution in [0.3, 0.4) is 0 Å². The SMILES string of the molecule is O=C1CCN(c2ccc(NC(=O)c3ccc(CN4CCCCC4)cc3)cc2)C(=O)N1. The number of amides is 4. The van der Waals surface area contributed by atoms with Crippen molar-refractivity contribution in [1.82, 2.24) is 10.2 Å². The third kappa shape index (κ3) is 4.86. The summed E-state index contributed by atoms with van der Waals surface area (Å²) >= 11 is 0. The first-order valence-electron chi connectivity index (χ1n) is 10.4. The number of carbonyl (C=O) groups excluding carboxylic acids is 3. The molecule has 0 radical (unpaired) electrons. The number of anilines is 2. The van der Waals surface area contributed by atoms with Crippen LogP contribution in [0, 0.1) is 0 Å². The number of urea groups is 1. The second-order valence-corrected chi connectivity index (χ2v) is 7.79. The fourth-order valence-corrected chi connectivity index (χ4v) is 3.88. The van der Waals surface area contributed by atoms with Crippen molar-refractivity contribution >= 4 is 29.2 Å². The van der Waals surface area contributed by atoms with Crippen molar-refractivity contribution in [2.75, 3.05) is 29.9 Å². The fraction of sp³-hybridized carbons (Fsp3) is 0.348. The molecule has 2 aromatic carbocycles. The van der Waals surface area contributed by atoms with Crippen LogP contribution < -0.4 is 15.5 Å². The summed E-state index contributed by atoms with van der Waals surface area (Å²) < 4.78 is 0. The third-order valence-electron chi connectivity index (χ3n) is 5.56. The number of imide groups is 1. The summed E-state index contributed by atoms with van der Waals surface area (Å²) in [5.74, 6) is -0.435. The average molecular weight is 406 g/mol. The third-order valence-corrected chi connectivity index (χ3v) is 5.56. The van der Waals surface area contributed by atoms with Crippen LogP contribution in [-0.4, -0.2) is 42.4 Å². The molecule has 2 aliphatic heterocycles. The summed E-state index contributed by atoms with van der Waals surface area (Å²) in [5, 5.41) is 5.19. The van der Waals surface area contributed by atoms with Gasteiger partial charge in [0.2, 0.25) is 5.91 Å². The van der Waals surface area contributed by atoms with Gasteiger partial charge in [0.25, 0.3) is 5.91 Å². The molecule has 2 aliphatic rings. The molecule has 2 fully saturated rings. The van der Waals surface area contributed by atoms with Crippen molar-refractivity contribution in [3.63, 3.8) is 0 Å². The first-order valence-corrected chi connectivity index (χ1v) is 10.4. The highest BCUT2D eigenvalue weighted by atomic mass is 16.2. The van der Waals surface area contributed by atoms with Gasteiger partial charge in [0.05, 0.1) is 0 Å². The molecule has 2 heterocycles. The zero-order valence-corrected chi connectivity index (χ0v) is 16.9. The van der Waals surface area contributed by atoms with E-state index >= 15 is 0 Å². The number of rotatable bonds is 5. The molecule has 4 amide bonds. The molecule has 0 atom stereocenters. The van der Waals surface area contributed by atoms with Gasteiger partial charge in [0.1, 0.15) is 0 Å². The van der Waals surface area contributed by atoms with Crippen molar-refractivity contribution in [1.29, 1.82) is 0 Å². The number of nitrogens with zero attached hydrogens (tertiary/aromatic N) is 2. The molecule has 2 aromatic rings. The van der Waals surface area contributed by atoms with E-state index in [0.29, 0.717) is 23.5 Å². The van der Waals surface area contributed by atoms with Gasteiger partial charge in [-0.2, -0.15) is 0 Å². The van der Waals surface area contributed by atoms with Crippen LogP contribution in [0.15, 0.2) is 48.5 Å². The Morgan fingerprint density at radius 1 is 0.900 bits per heavy atom. The summed E-state index contributed by atoms with van der Waals surface area (Å²) in [4.78, 5) is 39.7. The molecule has 0 saturated carbocycles. The number of likely N-dealkylation sites (tertiary alicyclic amines) is 1. The monoisotopic (exact) mass is 406 g/mol. The van der Waals surface area contributed by atoms with E-state index in [-0.39, 0.29) is 18.2 Å². The summed E-state index contributed by atoms with van der Waals surface area (Å²) in [5.41, 5.74) is 3.15. The van der Waals surface area contributed by atoms with Gasteiger partial charge in [0.15, 0.2) is 0 Å². The van der Waals surface area contributed by atoms with Crippen molar-refractivity contribution in [3.05, 3.63) is 59.7 Å². The van der Waals surface area contributed by atoms with Crippen molar-refractivity contribution < 1.29 is 14.4 Å². The summed E-state index contributed by atoms with van der Waals surface area (Å²) in [6.07, 6.45) is 4.12. The van der Waals surface area contributed by atoms with E-state index in [1.54, 1.807) is 24.3 Å². The highest BCUT2D eigenvalue weighted by molar-refractivity contribution is 6.06. The van der Waals surface area contributed by atoms with Crippen LogP contribution in [0.5, 0.6) is 0 Å². The van der Waals surface area contributed by atoms with Gasteiger partial charge in [-0.1, -0.05) is 18.6 Å². The maximum Gasteiger partial charge on any atom is 0.328 e. The van der Waals surface area contributed by atoms with Crippen LogP contribution in [0.4, 0.5) is 16.2 Å². The lowest BCUT2D eigenvalue weighted by Gasteiger charge is -2.26. The Kier molecular flexibility index (Phi) is 6.09. The van der Waals surface area contributed by atoms with Crippen molar-refractivity contribution in [2.24, 2.45) is 0 Å². The molecular formula is C23H26N4O3. The number of hydrogen-bond donors (Lipinski definition) is 2. The molecule has 0 bridgehead atoms. The Morgan fingerprint density at radius 2 is 1.60 bits per heavy atom. The van der Waals surface area contributed by atoms with Gasteiger partial charge in [-0.05, 0) is 67.9 Å². The number of piperidine rings is 1. The maximum absolute atomic E-state index is 12.6. The number of hydrogen-bond acceptors (Lipinski definition) is 4. The quantitative estimate of drug-likeness (QED) is 0.798. The van der Waals surface area contributed by atoms with E-state index in [4.69, 9.17) is 0 Å². The number of nitrogens with one attached hydrogen (secondary N) is 2. The average Bonchev–Trinajstić information content (AvgIpc) is 2.76. The van der Waals surface area contributed by atoms with E-state index in [1.165, 1.54) is 29.7 Å². The first kappa shape index (κ1) is 20.1. The lowest BCUT2D eigenvalue weighted by molar-refractivity contribution is -0.120. The maximum atomic E-state index is 12.6. The van der Waals surface area contributed by atoms with Crippen molar-refractivity contribution in [3.8, 4) is 0 Å². The Bertz CT molecular complexity index is 918. The van der Waals surface area contributed by atoms with Gasteiger partial charge in [-0.15, -0.1) is 0 Å². The predicted molar refractivity (Wildman–Crippen MR) is 115 cm³/mol. The summed E-state index contributed by atoms with van der Waals surface area (Å²) in [6.45, 7) is 3.57. The minimum absolute atomic E-state index is 0.173. The predicted octanol–water partition coefficient (Wildman–Crippen LogP) is 3.37. The van der Waals surface area contributed by atoms with Gasteiger partial charge in [0, 0.05) is 36.4 Å². The molecule has 30 heavy (non-hydrogen) atoms. The molecule has 4 rings (SSSR count). The highest BCUT2D eigenvalue weighted by Gasteiger charge is 2.24. The fourth-order valence-electron chi connectivity index (χ4n) is 3.88. The molecule has 2 N–H and O–H groups in total. The molecule has 7 heteroatoms. The lowest BCUT2D eigenvalue weighted by Crippen LogP contribution is -2.49. The Morgan fingerprint density at radius 3 is 2.27 bits per heavy atom. The zero-order valence-electron chi connectivity index (χ0n) is 16.9. The largest absolute Gasteiger partial charge is 0.328 e.